The number of rotatable bonds is 2. The van der Waals surface area contributed by atoms with Gasteiger partial charge in [-0.05, 0) is 6.08 Å². The largest absolute Gasteiger partial charge is 0.419 e. The number of hydrogen-bond acceptors (Lipinski definition) is 4. The average molecular weight is 224 g/mol. The van der Waals surface area contributed by atoms with Gasteiger partial charge in [0, 0.05) is 0 Å². The smallest absolute Gasteiger partial charge is 0.358 e. The summed E-state index contributed by atoms with van der Waals surface area (Å²) in [5, 5.41) is 9.01. The highest BCUT2D eigenvalue weighted by Gasteiger charge is 2.37. The van der Waals surface area contributed by atoms with E-state index in [4.69, 9.17) is 14.9 Å². The van der Waals surface area contributed by atoms with Crippen molar-refractivity contribution < 1.29 is 29.0 Å². The van der Waals surface area contributed by atoms with Crippen molar-refractivity contribution in [1.82, 2.24) is 0 Å². The van der Waals surface area contributed by atoms with E-state index in [2.05, 4.69) is 13.6 Å². The number of cyclic esters (lactones) is 1. The fourth-order valence-electron chi connectivity index (χ4n) is 0.750. The molecule has 0 aromatic heterocycles. The lowest BCUT2D eigenvalue weighted by atomic mass is 10.3. The molecule has 0 fully saturated rings. The van der Waals surface area contributed by atoms with E-state index in [1.165, 1.54) is 0 Å². The number of aliphatic hydroxyl groups excluding tert-OH is 1. The van der Waals surface area contributed by atoms with Gasteiger partial charge in [0.15, 0.2) is 5.85 Å². The second-order valence-electron chi connectivity index (χ2n) is 2.32. The lowest BCUT2D eigenvalue weighted by Gasteiger charge is -2.10. The molecular weight excluding hydrogens is 218 g/mol. The Bertz CT molecular complexity index is 339. The van der Waals surface area contributed by atoms with Crippen LogP contribution in [0.5, 0.6) is 0 Å². The van der Waals surface area contributed by atoms with Crippen LogP contribution in [0.25, 0.3) is 0 Å². The van der Waals surface area contributed by atoms with E-state index in [1.807, 2.05) is 0 Å². The van der Waals surface area contributed by atoms with E-state index in [1.54, 1.807) is 0 Å². The van der Waals surface area contributed by atoms with Crippen molar-refractivity contribution in [2.24, 2.45) is 0 Å². The SMILES string of the molecule is O=C1OC(=P)C=C1C(O)P(=O)(O)O. The molecule has 0 saturated carbocycles. The second kappa shape index (κ2) is 3.33. The summed E-state index contributed by atoms with van der Waals surface area (Å²) in [5.41, 5.74) is -0.453. The van der Waals surface area contributed by atoms with Gasteiger partial charge in [-0.1, -0.05) is 8.86 Å². The Kier molecular flexibility index (Phi) is 2.71. The summed E-state index contributed by atoms with van der Waals surface area (Å²) in [6.45, 7) is 0. The molecule has 1 atom stereocenters. The first-order valence-corrected chi connectivity index (χ1v) is 5.26. The molecule has 0 bridgehead atoms. The number of ether oxygens (including phenoxy) is 1. The zero-order valence-electron chi connectivity index (χ0n) is 6.17. The fraction of sp³-hybridized carbons (Fsp3) is 0.200. The molecule has 1 rings (SSSR count). The molecule has 0 spiro atoms. The maximum absolute atomic E-state index is 10.8. The van der Waals surface area contributed by atoms with Gasteiger partial charge in [-0.15, -0.1) is 0 Å². The third-order valence-corrected chi connectivity index (χ3v) is 2.48. The minimum atomic E-state index is -4.72. The number of esters is 1. The highest BCUT2D eigenvalue weighted by atomic mass is 31.2. The molecule has 1 unspecified atom stereocenters. The summed E-state index contributed by atoms with van der Waals surface area (Å²) < 4.78 is 14.9. The molecule has 0 aromatic carbocycles. The van der Waals surface area contributed by atoms with Crippen molar-refractivity contribution in [2.75, 3.05) is 0 Å². The average Bonchev–Trinajstić information content (AvgIpc) is 2.26. The lowest BCUT2D eigenvalue weighted by Crippen LogP contribution is -2.16. The Morgan fingerprint density at radius 1 is 1.54 bits per heavy atom. The molecule has 0 aromatic rings. The Labute approximate surface area is 75.2 Å². The van der Waals surface area contributed by atoms with Crippen LogP contribution < -0.4 is 0 Å². The molecular formula is C5H6O6P2. The molecule has 1 aliphatic rings. The second-order valence-corrected chi connectivity index (χ2v) is 4.48. The van der Waals surface area contributed by atoms with E-state index >= 15 is 0 Å². The summed E-state index contributed by atoms with van der Waals surface area (Å²) >= 11 is 0. The van der Waals surface area contributed by atoms with Crippen LogP contribution in [0.1, 0.15) is 0 Å². The van der Waals surface area contributed by atoms with Gasteiger partial charge >= 0.3 is 13.6 Å². The maximum Gasteiger partial charge on any atom is 0.358 e. The zero-order chi connectivity index (χ0) is 10.2. The molecule has 1 heterocycles. The van der Waals surface area contributed by atoms with Crippen LogP contribution in [0.15, 0.2) is 11.6 Å². The van der Waals surface area contributed by atoms with Crippen LogP contribution in [0.2, 0.25) is 0 Å². The van der Waals surface area contributed by atoms with E-state index in [0.717, 1.165) is 6.08 Å². The van der Waals surface area contributed by atoms with Gasteiger partial charge in [0.05, 0.1) is 5.57 Å². The molecule has 6 nitrogen and oxygen atoms in total. The molecule has 0 amide bonds. The van der Waals surface area contributed by atoms with Crippen molar-refractivity contribution in [1.29, 1.82) is 0 Å². The van der Waals surface area contributed by atoms with Crippen LogP contribution in [0.4, 0.5) is 0 Å². The van der Waals surface area contributed by atoms with Gasteiger partial charge in [-0.25, -0.2) is 4.79 Å². The first-order valence-electron chi connectivity index (χ1n) is 3.08. The molecule has 8 heteroatoms. The predicted octanol–water partition coefficient (Wildman–Crippen LogP) is -0.762. The Morgan fingerprint density at radius 3 is 2.38 bits per heavy atom. The molecule has 0 radical (unpaired) electrons. The highest BCUT2D eigenvalue weighted by Crippen LogP contribution is 2.44. The molecule has 0 saturated heterocycles. The quantitative estimate of drug-likeness (QED) is 0.420. The highest BCUT2D eigenvalue weighted by molar-refractivity contribution is 7.52. The minimum Gasteiger partial charge on any atom is -0.419 e. The summed E-state index contributed by atoms with van der Waals surface area (Å²) in [7, 11) is -1.88. The molecule has 1 aliphatic heterocycles. The van der Waals surface area contributed by atoms with Gasteiger partial charge in [0.25, 0.3) is 0 Å². The first kappa shape index (κ1) is 10.6. The minimum absolute atomic E-state index is 0.00694. The summed E-state index contributed by atoms with van der Waals surface area (Å²) in [6.07, 6.45) is 1.02. The van der Waals surface area contributed by atoms with Gasteiger partial charge in [-0.3, -0.25) is 4.57 Å². The van der Waals surface area contributed by atoms with Gasteiger partial charge < -0.3 is 19.6 Å². The molecule has 13 heavy (non-hydrogen) atoms. The van der Waals surface area contributed by atoms with E-state index in [-0.39, 0.29) is 5.48 Å². The molecule has 3 N–H and O–H groups in total. The topological polar surface area (TPSA) is 104 Å². The lowest BCUT2D eigenvalue weighted by molar-refractivity contribution is -0.130. The van der Waals surface area contributed by atoms with E-state index in [9.17, 15) is 9.36 Å². The van der Waals surface area contributed by atoms with Crippen molar-refractivity contribution in [3.63, 3.8) is 0 Å². The van der Waals surface area contributed by atoms with Crippen molar-refractivity contribution >= 4 is 27.9 Å². The zero-order valence-corrected chi connectivity index (χ0v) is 8.06. The Balaban J connectivity index is 2.97. The normalized spacial score (nSPS) is 19.8. The third-order valence-electron chi connectivity index (χ3n) is 1.32. The van der Waals surface area contributed by atoms with Crippen LogP contribution in [-0.4, -0.2) is 32.2 Å². The number of hydrogen-bond donors (Lipinski definition) is 3. The van der Waals surface area contributed by atoms with Crippen molar-refractivity contribution in [3.8, 4) is 0 Å². The summed E-state index contributed by atoms with van der Waals surface area (Å²) in [4.78, 5) is 27.9. The first-order chi connectivity index (χ1) is 5.82. The van der Waals surface area contributed by atoms with E-state index < -0.39 is 25.0 Å². The summed E-state index contributed by atoms with van der Waals surface area (Å²) in [5.74, 6) is -3.10. The third kappa shape index (κ3) is 2.24. The number of carbonyl (C=O) groups excluding carboxylic acids is 1. The standard InChI is InChI=1S/C5H6O6P2/c6-4-2(1-3(12)11-4)5(7)13(8,9)10/h1,5,7,12H,(H2,8,9,10). The monoisotopic (exact) mass is 224 g/mol. The van der Waals surface area contributed by atoms with Crippen LogP contribution in [0, 0.1) is 0 Å². The molecule has 72 valence electrons. The molecule has 0 aliphatic carbocycles. The number of carbonyl (C=O) groups is 1. The maximum atomic E-state index is 10.8. The Morgan fingerprint density at radius 2 is 2.08 bits per heavy atom. The number of aliphatic hydroxyl groups is 1. The Hall–Kier alpha value is -0.510. The summed E-state index contributed by atoms with van der Waals surface area (Å²) in [6, 6.07) is 0. The van der Waals surface area contributed by atoms with Crippen molar-refractivity contribution in [3.05, 3.63) is 11.6 Å². The van der Waals surface area contributed by atoms with Crippen LogP contribution >= 0.6 is 16.5 Å². The predicted molar refractivity (Wildman–Crippen MR) is 45.5 cm³/mol. The van der Waals surface area contributed by atoms with Gasteiger partial charge in [-0.2, -0.15) is 0 Å². The fourth-order valence-corrected chi connectivity index (χ4v) is 1.54. The van der Waals surface area contributed by atoms with E-state index in [0.29, 0.717) is 0 Å². The van der Waals surface area contributed by atoms with Gasteiger partial charge in [0.1, 0.15) is 5.48 Å². The van der Waals surface area contributed by atoms with Crippen molar-refractivity contribution in [2.45, 2.75) is 5.85 Å². The van der Waals surface area contributed by atoms with Gasteiger partial charge in [0.2, 0.25) is 0 Å². The van der Waals surface area contributed by atoms with Crippen LogP contribution in [0.3, 0.4) is 0 Å². The van der Waals surface area contributed by atoms with Crippen LogP contribution in [-0.2, 0) is 14.1 Å².